The average molecular weight is 404 g/mol. The lowest BCUT2D eigenvalue weighted by molar-refractivity contribution is 0.201. The largest absolute Gasteiger partial charge is 0.474 e. The van der Waals surface area contributed by atoms with E-state index < -0.39 is 0 Å². The maximum absolute atomic E-state index is 5.83. The number of guanidine groups is 1. The number of aliphatic imine (C=N–C) groups is 1. The van der Waals surface area contributed by atoms with Crippen molar-refractivity contribution >= 4 is 29.9 Å². The topological polar surface area (TPSA) is 72.5 Å². The molecule has 1 fully saturated rings. The summed E-state index contributed by atoms with van der Waals surface area (Å²) in [5, 5.41) is 3.04. The molecule has 0 aromatic carbocycles. The first-order chi connectivity index (χ1) is 9.78. The summed E-state index contributed by atoms with van der Waals surface area (Å²) < 4.78 is 5.83. The molecule has 0 spiro atoms. The van der Waals surface area contributed by atoms with E-state index in [1.54, 1.807) is 6.20 Å². The molecule has 1 aliphatic carbocycles. The Morgan fingerprint density at radius 1 is 1.43 bits per heavy atom. The molecule has 6 heteroatoms. The number of pyridine rings is 1. The smallest absolute Gasteiger partial charge is 0.213 e. The van der Waals surface area contributed by atoms with Gasteiger partial charge in [-0.15, -0.1) is 24.0 Å². The zero-order valence-corrected chi connectivity index (χ0v) is 14.9. The van der Waals surface area contributed by atoms with Crippen molar-refractivity contribution in [1.82, 2.24) is 10.3 Å². The molecule has 0 radical (unpaired) electrons. The first-order valence-electron chi connectivity index (χ1n) is 7.43. The van der Waals surface area contributed by atoms with Crippen molar-refractivity contribution < 1.29 is 4.74 Å². The van der Waals surface area contributed by atoms with E-state index >= 15 is 0 Å². The highest BCUT2D eigenvalue weighted by atomic mass is 127. The van der Waals surface area contributed by atoms with Gasteiger partial charge >= 0.3 is 0 Å². The van der Waals surface area contributed by atoms with E-state index in [1.165, 1.54) is 12.8 Å². The Morgan fingerprint density at radius 3 is 2.81 bits per heavy atom. The maximum atomic E-state index is 5.83. The van der Waals surface area contributed by atoms with E-state index in [0.717, 1.165) is 31.4 Å². The number of halogens is 1. The molecule has 1 saturated carbocycles. The van der Waals surface area contributed by atoms with Crippen molar-refractivity contribution in [2.75, 3.05) is 6.54 Å². The predicted molar refractivity (Wildman–Crippen MR) is 96.2 cm³/mol. The van der Waals surface area contributed by atoms with Crippen LogP contribution >= 0.6 is 24.0 Å². The molecular formula is C15H25IN4O. The molecule has 0 bridgehead atoms. The summed E-state index contributed by atoms with van der Waals surface area (Å²) in [6.07, 6.45) is 8.01. The van der Waals surface area contributed by atoms with Gasteiger partial charge < -0.3 is 15.8 Å². The highest BCUT2D eigenvalue weighted by molar-refractivity contribution is 14.0. The number of nitrogens with two attached hydrogens (primary N) is 1. The van der Waals surface area contributed by atoms with Crippen molar-refractivity contribution in [2.45, 2.75) is 51.7 Å². The molecule has 21 heavy (non-hydrogen) atoms. The van der Waals surface area contributed by atoms with Crippen LogP contribution in [0.15, 0.2) is 23.3 Å². The molecule has 1 heterocycles. The third-order valence-electron chi connectivity index (χ3n) is 3.38. The van der Waals surface area contributed by atoms with E-state index in [9.17, 15) is 0 Å². The SMILES string of the molecule is CCCNC(N)=NCc1ccc(OC2CCCC2)nc1.I. The summed E-state index contributed by atoms with van der Waals surface area (Å²) in [6.45, 7) is 3.48. The molecule has 0 amide bonds. The zero-order valence-electron chi connectivity index (χ0n) is 12.5. The summed E-state index contributed by atoms with van der Waals surface area (Å²) in [5.74, 6) is 1.19. The molecule has 0 unspecified atom stereocenters. The van der Waals surface area contributed by atoms with Crippen LogP contribution in [-0.2, 0) is 6.54 Å². The standard InChI is InChI=1S/C15H24N4O.HI/c1-2-9-17-15(16)19-11-12-7-8-14(18-10-12)20-13-5-3-4-6-13;/h7-8,10,13H,2-6,9,11H2,1H3,(H3,16,17,19);1H. The normalized spacial score (nSPS) is 15.6. The summed E-state index contributed by atoms with van der Waals surface area (Å²) >= 11 is 0. The molecule has 118 valence electrons. The highest BCUT2D eigenvalue weighted by Crippen LogP contribution is 2.22. The van der Waals surface area contributed by atoms with Gasteiger partial charge in [0.2, 0.25) is 5.88 Å². The van der Waals surface area contributed by atoms with Crippen LogP contribution in [0.2, 0.25) is 0 Å². The van der Waals surface area contributed by atoms with Gasteiger partial charge in [0.05, 0.1) is 6.54 Å². The van der Waals surface area contributed by atoms with E-state index in [2.05, 4.69) is 22.2 Å². The fourth-order valence-electron chi connectivity index (χ4n) is 2.24. The zero-order chi connectivity index (χ0) is 14.2. The van der Waals surface area contributed by atoms with Crippen molar-refractivity contribution in [2.24, 2.45) is 10.7 Å². The molecule has 1 aromatic rings. The number of hydrogen-bond donors (Lipinski definition) is 2. The highest BCUT2D eigenvalue weighted by Gasteiger charge is 2.16. The molecule has 5 nitrogen and oxygen atoms in total. The summed E-state index contributed by atoms with van der Waals surface area (Å²) in [5.41, 5.74) is 6.77. The molecule has 3 N–H and O–H groups in total. The minimum atomic E-state index is 0. The molecule has 1 aliphatic rings. The van der Waals surface area contributed by atoms with Gasteiger partial charge in [0.25, 0.3) is 0 Å². The lowest BCUT2D eigenvalue weighted by Crippen LogP contribution is -2.32. The number of ether oxygens (including phenoxy) is 1. The third kappa shape index (κ3) is 6.50. The molecule has 1 aromatic heterocycles. The van der Waals surface area contributed by atoms with Gasteiger partial charge in [-0.3, -0.25) is 0 Å². The van der Waals surface area contributed by atoms with Crippen molar-refractivity contribution in [3.8, 4) is 5.88 Å². The Hall–Kier alpha value is -1.05. The van der Waals surface area contributed by atoms with Gasteiger partial charge in [-0.2, -0.15) is 0 Å². The van der Waals surface area contributed by atoms with Gasteiger partial charge in [0.1, 0.15) is 6.10 Å². The third-order valence-corrected chi connectivity index (χ3v) is 3.38. The molecule has 0 saturated heterocycles. The Bertz CT molecular complexity index is 430. The molecule has 0 aliphatic heterocycles. The molecule has 0 atom stereocenters. The van der Waals surface area contributed by atoms with Crippen LogP contribution in [-0.4, -0.2) is 23.6 Å². The Kier molecular flexibility index (Phi) is 8.41. The maximum Gasteiger partial charge on any atom is 0.213 e. The van der Waals surface area contributed by atoms with Crippen LogP contribution in [0.1, 0.15) is 44.6 Å². The van der Waals surface area contributed by atoms with Gasteiger partial charge in [-0.1, -0.05) is 13.0 Å². The van der Waals surface area contributed by atoms with Crippen molar-refractivity contribution in [3.05, 3.63) is 23.9 Å². The van der Waals surface area contributed by atoms with Gasteiger partial charge in [-0.05, 0) is 37.7 Å². The van der Waals surface area contributed by atoms with E-state index in [0.29, 0.717) is 24.5 Å². The first kappa shape index (κ1) is 18.0. The number of hydrogen-bond acceptors (Lipinski definition) is 3. The number of aromatic nitrogens is 1. The number of rotatable bonds is 6. The second-order valence-corrected chi connectivity index (χ2v) is 5.16. The van der Waals surface area contributed by atoms with Crippen LogP contribution < -0.4 is 15.8 Å². The summed E-state index contributed by atoms with van der Waals surface area (Å²) in [6, 6.07) is 3.91. The second-order valence-electron chi connectivity index (χ2n) is 5.16. The minimum absolute atomic E-state index is 0. The molecule has 2 rings (SSSR count). The van der Waals surface area contributed by atoms with E-state index in [1.807, 2.05) is 12.1 Å². The number of nitrogens with one attached hydrogen (secondary N) is 1. The minimum Gasteiger partial charge on any atom is -0.474 e. The fourth-order valence-corrected chi connectivity index (χ4v) is 2.24. The van der Waals surface area contributed by atoms with Crippen LogP contribution in [0, 0.1) is 0 Å². The summed E-state index contributed by atoms with van der Waals surface area (Å²) in [4.78, 5) is 8.60. The monoisotopic (exact) mass is 404 g/mol. The second kappa shape index (κ2) is 9.81. The first-order valence-corrected chi connectivity index (χ1v) is 7.43. The van der Waals surface area contributed by atoms with Crippen LogP contribution in [0.25, 0.3) is 0 Å². The van der Waals surface area contributed by atoms with Gasteiger partial charge in [0, 0.05) is 18.8 Å². The fraction of sp³-hybridized carbons (Fsp3) is 0.600. The van der Waals surface area contributed by atoms with Crippen LogP contribution in [0.4, 0.5) is 0 Å². The Labute approximate surface area is 143 Å². The lowest BCUT2D eigenvalue weighted by Gasteiger charge is -2.11. The van der Waals surface area contributed by atoms with Crippen molar-refractivity contribution in [3.63, 3.8) is 0 Å². The van der Waals surface area contributed by atoms with E-state index in [-0.39, 0.29) is 24.0 Å². The Morgan fingerprint density at radius 2 is 2.19 bits per heavy atom. The average Bonchev–Trinajstić information content (AvgIpc) is 2.97. The number of nitrogens with zero attached hydrogens (tertiary/aromatic N) is 2. The summed E-state index contributed by atoms with van der Waals surface area (Å²) in [7, 11) is 0. The van der Waals surface area contributed by atoms with Gasteiger partial charge in [0.15, 0.2) is 5.96 Å². The Balaban J connectivity index is 0.00000220. The molecular weight excluding hydrogens is 379 g/mol. The van der Waals surface area contributed by atoms with Crippen LogP contribution in [0.5, 0.6) is 5.88 Å². The quantitative estimate of drug-likeness (QED) is 0.435. The van der Waals surface area contributed by atoms with E-state index in [4.69, 9.17) is 10.5 Å². The lowest BCUT2D eigenvalue weighted by atomic mass is 10.3. The van der Waals surface area contributed by atoms with Crippen molar-refractivity contribution in [1.29, 1.82) is 0 Å². The van der Waals surface area contributed by atoms with Gasteiger partial charge in [-0.25, -0.2) is 9.98 Å². The predicted octanol–water partition coefficient (Wildman–Crippen LogP) is 2.84. The van der Waals surface area contributed by atoms with Crippen LogP contribution in [0.3, 0.4) is 0 Å².